The fourth-order valence-corrected chi connectivity index (χ4v) is 2.56. The Labute approximate surface area is 110 Å². The van der Waals surface area contributed by atoms with Crippen LogP contribution in [0.2, 0.25) is 0 Å². The van der Waals surface area contributed by atoms with Crippen molar-refractivity contribution in [1.29, 1.82) is 0 Å². The Morgan fingerprint density at radius 3 is 2.56 bits per heavy atom. The topological polar surface area (TPSA) is 42.1 Å². The third-order valence-corrected chi connectivity index (χ3v) is 4.02. The molecule has 1 aliphatic heterocycles. The molecule has 1 aromatic heterocycles. The van der Waals surface area contributed by atoms with E-state index in [1.54, 1.807) is 0 Å². The van der Waals surface area contributed by atoms with Crippen molar-refractivity contribution < 1.29 is 0 Å². The van der Waals surface area contributed by atoms with Crippen LogP contribution in [0, 0.1) is 11.3 Å². The molecule has 3 heteroatoms. The Balaban J connectivity index is 2.05. The van der Waals surface area contributed by atoms with E-state index in [1.165, 1.54) is 12.1 Å². The molecule has 0 bridgehead atoms. The fourth-order valence-electron chi connectivity index (χ4n) is 2.56. The first-order valence-corrected chi connectivity index (χ1v) is 6.84. The lowest BCUT2D eigenvalue weighted by molar-refractivity contribution is 0.263. The molecule has 0 spiro atoms. The average molecular weight is 247 g/mol. The summed E-state index contributed by atoms with van der Waals surface area (Å²) in [5.74, 6) is 0.769. The van der Waals surface area contributed by atoms with Gasteiger partial charge in [-0.25, -0.2) is 0 Å². The van der Waals surface area contributed by atoms with E-state index < -0.39 is 0 Å². The number of rotatable bonds is 2. The van der Waals surface area contributed by atoms with E-state index in [1.807, 2.05) is 19.2 Å². The van der Waals surface area contributed by atoms with Gasteiger partial charge in [0.25, 0.3) is 0 Å². The zero-order valence-electron chi connectivity index (χ0n) is 12.0. The predicted molar refractivity (Wildman–Crippen MR) is 76.6 cm³/mol. The van der Waals surface area contributed by atoms with Gasteiger partial charge in [0, 0.05) is 19.1 Å². The molecule has 2 heterocycles. The summed E-state index contributed by atoms with van der Waals surface area (Å²) in [5, 5.41) is 0. The second-order valence-electron chi connectivity index (χ2n) is 6.53. The Morgan fingerprint density at radius 1 is 1.39 bits per heavy atom. The lowest BCUT2D eigenvalue weighted by Gasteiger charge is -2.27. The highest BCUT2D eigenvalue weighted by atomic mass is 15.2. The van der Waals surface area contributed by atoms with Crippen LogP contribution in [0.15, 0.2) is 18.3 Å². The van der Waals surface area contributed by atoms with Gasteiger partial charge in [0.2, 0.25) is 0 Å². The first-order valence-electron chi connectivity index (χ1n) is 6.84. The molecule has 18 heavy (non-hydrogen) atoms. The average Bonchev–Trinajstić information content (AvgIpc) is 2.78. The van der Waals surface area contributed by atoms with Crippen LogP contribution in [0.4, 0.5) is 5.69 Å². The molecular formula is C15H25N3. The van der Waals surface area contributed by atoms with E-state index in [0.717, 1.165) is 24.7 Å². The Kier molecular flexibility index (Phi) is 3.62. The minimum absolute atomic E-state index is 0.0138. The molecule has 2 atom stereocenters. The van der Waals surface area contributed by atoms with Crippen molar-refractivity contribution >= 4 is 5.69 Å². The number of nitrogens with two attached hydrogens (primary N) is 1. The third-order valence-electron chi connectivity index (χ3n) is 4.02. The van der Waals surface area contributed by atoms with E-state index in [9.17, 15) is 0 Å². The number of aromatic nitrogens is 1. The summed E-state index contributed by atoms with van der Waals surface area (Å²) in [6.45, 7) is 11.2. The molecule has 0 radical (unpaired) electrons. The largest absolute Gasteiger partial charge is 0.370 e. The second-order valence-corrected chi connectivity index (χ2v) is 6.53. The minimum atomic E-state index is 0.0138. The third kappa shape index (κ3) is 2.83. The number of hydrogen-bond donors (Lipinski definition) is 1. The summed E-state index contributed by atoms with van der Waals surface area (Å²) >= 11 is 0. The summed E-state index contributed by atoms with van der Waals surface area (Å²) in [4.78, 5) is 6.88. The van der Waals surface area contributed by atoms with Crippen LogP contribution in [0.5, 0.6) is 0 Å². The predicted octanol–water partition coefficient (Wildman–Crippen LogP) is 2.97. The van der Waals surface area contributed by atoms with E-state index in [2.05, 4.69) is 36.7 Å². The lowest BCUT2D eigenvalue weighted by atomic mass is 9.80. The van der Waals surface area contributed by atoms with E-state index in [0.29, 0.717) is 5.41 Å². The van der Waals surface area contributed by atoms with Crippen LogP contribution >= 0.6 is 0 Å². The molecule has 3 nitrogen and oxygen atoms in total. The summed E-state index contributed by atoms with van der Waals surface area (Å²) < 4.78 is 0. The Morgan fingerprint density at radius 2 is 2.11 bits per heavy atom. The maximum atomic E-state index is 5.82. The molecule has 2 rings (SSSR count). The van der Waals surface area contributed by atoms with Crippen LogP contribution < -0.4 is 10.6 Å². The molecular weight excluding hydrogens is 222 g/mol. The van der Waals surface area contributed by atoms with Gasteiger partial charge in [-0.1, -0.05) is 20.8 Å². The van der Waals surface area contributed by atoms with Crippen molar-refractivity contribution in [2.75, 3.05) is 18.0 Å². The molecule has 1 saturated heterocycles. The van der Waals surface area contributed by atoms with Crippen LogP contribution in [0.1, 0.15) is 45.9 Å². The summed E-state index contributed by atoms with van der Waals surface area (Å²) in [6, 6.07) is 4.21. The van der Waals surface area contributed by atoms with Crippen molar-refractivity contribution in [2.24, 2.45) is 17.1 Å². The van der Waals surface area contributed by atoms with Crippen molar-refractivity contribution in [3.8, 4) is 0 Å². The summed E-state index contributed by atoms with van der Waals surface area (Å²) in [7, 11) is 0. The summed E-state index contributed by atoms with van der Waals surface area (Å²) in [6.07, 6.45) is 3.24. The molecule has 0 saturated carbocycles. The smallest absolute Gasteiger partial charge is 0.0569 e. The Bertz CT molecular complexity index is 389. The first-order chi connectivity index (χ1) is 8.38. The van der Waals surface area contributed by atoms with Crippen molar-refractivity contribution in [3.05, 3.63) is 24.0 Å². The monoisotopic (exact) mass is 247 g/mol. The van der Waals surface area contributed by atoms with Gasteiger partial charge < -0.3 is 10.6 Å². The van der Waals surface area contributed by atoms with Crippen molar-refractivity contribution in [1.82, 2.24) is 4.98 Å². The van der Waals surface area contributed by atoms with Crippen molar-refractivity contribution in [3.63, 3.8) is 0 Å². The maximum Gasteiger partial charge on any atom is 0.0569 e. The summed E-state index contributed by atoms with van der Waals surface area (Å²) in [5.41, 5.74) is 8.41. The number of anilines is 1. The number of pyridine rings is 1. The van der Waals surface area contributed by atoms with Gasteiger partial charge in [0.05, 0.1) is 17.6 Å². The van der Waals surface area contributed by atoms with Crippen LogP contribution in [0.3, 0.4) is 0 Å². The highest BCUT2D eigenvalue weighted by Gasteiger charge is 2.31. The van der Waals surface area contributed by atoms with Crippen LogP contribution in [-0.4, -0.2) is 18.1 Å². The quantitative estimate of drug-likeness (QED) is 0.873. The minimum Gasteiger partial charge on any atom is -0.370 e. The van der Waals surface area contributed by atoms with Gasteiger partial charge in [-0.3, -0.25) is 4.98 Å². The van der Waals surface area contributed by atoms with E-state index in [4.69, 9.17) is 5.73 Å². The van der Waals surface area contributed by atoms with E-state index >= 15 is 0 Å². The van der Waals surface area contributed by atoms with Gasteiger partial charge in [0.1, 0.15) is 0 Å². The number of nitrogens with zero attached hydrogens (tertiary/aromatic N) is 2. The first kappa shape index (κ1) is 13.3. The zero-order chi connectivity index (χ0) is 13.3. The van der Waals surface area contributed by atoms with E-state index in [-0.39, 0.29) is 6.04 Å². The van der Waals surface area contributed by atoms with Crippen molar-refractivity contribution in [2.45, 2.75) is 40.2 Å². The molecule has 2 N–H and O–H groups in total. The molecule has 1 aromatic rings. The molecule has 0 amide bonds. The normalized spacial score (nSPS) is 22.3. The van der Waals surface area contributed by atoms with Gasteiger partial charge >= 0.3 is 0 Å². The van der Waals surface area contributed by atoms with Gasteiger partial charge in [0.15, 0.2) is 0 Å². The second kappa shape index (κ2) is 4.88. The highest BCUT2D eigenvalue weighted by Crippen LogP contribution is 2.35. The zero-order valence-corrected chi connectivity index (χ0v) is 12.0. The SMILES string of the molecule is CC(N)c1ccc(N2CCC(C(C)(C)C)C2)cn1. The molecule has 1 aliphatic rings. The fraction of sp³-hybridized carbons (Fsp3) is 0.667. The standard InChI is InChI=1S/C15H25N3/c1-11(16)14-6-5-13(9-17-14)18-8-7-12(10-18)15(2,3)4/h5-6,9,11-12H,7-8,10,16H2,1-4H3. The van der Waals surface area contributed by atoms with Crippen LogP contribution in [0.25, 0.3) is 0 Å². The molecule has 0 aliphatic carbocycles. The van der Waals surface area contributed by atoms with Gasteiger partial charge in [-0.2, -0.15) is 0 Å². The van der Waals surface area contributed by atoms with Crippen LogP contribution in [-0.2, 0) is 0 Å². The number of hydrogen-bond acceptors (Lipinski definition) is 3. The van der Waals surface area contributed by atoms with Gasteiger partial charge in [-0.05, 0) is 36.8 Å². The van der Waals surface area contributed by atoms with Gasteiger partial charge in [-0.15, -0.1) is 0 Å². The molecule has 100 valence electrons. The molecule has 0 aromatic carbocycles. The Hall–Kier alpha value is -1.09. The molecule has 1 fully saturated rings. The highest BCUT2D eigenvalue weighted by molar-refractivity contribution is 5.46. The maximum absolute atomic E-state index is 5.82. The lowest BCUT2D eigenvalue weighted by Crippen LogP contribution is -2.25. The molecule has 2 unspecified atom stereocenters.